The Labute approximate surface area is 168 Å². The van der Waals surface area contributed by atoms with Crippen LogP contribution in [0.5, 0.6) is 5.75 Å². The fourth-order valence-electron chi connectivity index (χ4n) is 3.07. The quantitative estimate of drug-likeness (QED) is 0.423. The number of hydrogen-bond acceptors (Lipinski definition) is 3. The minimum Gasteiger partial charge on any atom is -0.422 e. The molecular weight excluding hydrogens is 404 g/mol. The number of fused-ring (bicyclic) bond motifs is 1. The van der Waals surface area contributed by atoms with E-state index < -0.39 is 0 Å². The number of halogens is 1. The van der Waals surface area contributed by atoms with E-state index in [1.54, 1.807) is 6.07 Å². The number of H-pyrrole nitrogens is 1. The van der Waals surface area contributed by atoms with Gasteiger partial charge in [0.1, 0.15) is 5.75 Å². The smallest absolute Gasteiger partial charge is 0.343 e. The van der Waals surface area contributed by atoms with E-state index in [2.05, 4.69) is 53.8 Å². The maximum atomic E-state index is 12.8. The molecule has 0 saturated heterocycles. The highest BCUT2D eigenvalue weighted by atomic mass is 79.9. The Balaban J connectivity index is 1.92. The Morgan fingerprint density at radius 2 is 2.00 bits per heavy atom. The molecule has 0 aliphatic rings. The molecule has 0 aliphatic carbocycles. The highest BCUT2D eigenvalue weighted by Crippen LogP contribution is 2.30. The number of carbonyl (C=O) groups excluding carboxylic acids is 1. The van der Waals surface area contributed by atoms with Gasteiger partial charge in [0, 0.05) is 28.1 Å². The van der Waals surface area contributed by atoms with Crippen molar-refractivity contribution >= 4 is 32.8 Å². The summed E-state index contributed by atoms with van der Waals surface area (Å²) in [4.78, 5) is 18.2. The molecule has 0 fully saturated rings. The van der Waals surface area contributed by atoms with Crippen LogP contribution in [0.15, 0.2) is 47.1 Å². The summed E-state index contributed by atoms with van der Waals surface area (Å²) in [5, 5.41) is 0.978. The summed E-state index contributed by atoms with van der Waals surface area (Å²) in [6.07, 6.45) is 2.89. The van der Waals surface area contributed by atoms with Crippen molar-refractivity contribution in [2.24, 2.45) is 0 Å². The van der Waals surface area contributed by atoms with Crippen molar-refractivity contribution in [3.8, 4) is 5.75 Å². The van der Waals surface area contributed by atoms with Crippen molar-refractivity contribution in [3.05, 3.63) is 63.8 Å². The van der Waals surface area contributed by atoms with Crippen molar-refractivity contribution in [2.75, 3.05) is 20.6 Å². The third kappa shape index (κ3) is 4.60. The Bertz CT molecular complexity index is 960. The number of nitrogens with one attached hydrogen (secondary N) is 1. The van der Waals surface area contributed by atoms with Crippen LogP contribution in [0.4, 0.5) is 0 Å². The summed E-state index contributed by atoms with van der Waals surface area (Å²) >= 11 is 3.50. The normalized spacial score (nSPS) is 11.5. The van der Waals surface area contributed by atoms with Crippen molar-refractivity contribution < 1.29 is 9.53 Å². The van der Waals surface area contributed by atoms with Crippen LogP contribution < -0.4 is 4.74 Å². The molecule has 142 valence electrons. The van der Waals surface area contributed by atoms with Gasteiger partial charge in [0.15, 0.2) is 0 Å². The van der Waals surface area contributed by atoms with Crippen molar-refractivity contribution in [1.82, 2.24) is 9.88 Å². The Morgan fingerprint density at radius 1 is 1.22 bits per heavy atom. The highest BCUT2D eigenvalue weighted by Gasteiger charge is 2.16. The number of esters is 1. The second-order valence-corrected chi connectivity index (χ2v) is 8.28. The maximum Gasteiger partial charge on any atom is 0.343 e. The van der Waals surface area contributed by atoms with Crippen LogP contribution in [-0.2, 0) is 6.42 Å². The van der Waals surface area contributed by atoms with Crippen LogP contribution in [0.1, 0.15) is 41.3 Å². The molecule has 0 bridgehead atoms. The predicted molar refractivity (Wildman–Crippen MR) is 114 cm³/mol. The van der Waals surface area contributed by atoms with Gasteiger partial charge in [0.25, 0.3) is 0 Å². The molecule has 1 N–H and O–H groups in total. The standard InChI is InChI=1S/C22H25BrN2O2/c1-14(2)16-10-17(12-18(23)11-16)22(26)27-20-7-5-6-19-21(20)15(13-24-19)8-9-25(3)4/h5-7,10-14,24H,8-9H2,1-4H3. The first-order valence-electron chi connectivity index (χ1n) is 9.11. The van der Waals surface area contributed by atoms with Crippen LogP contribution >= 0.6 is 15.9 Å². The van der Waals surface area contributed by atoms with Crippen LogP contribution in [0, 0.1) is 0 Å². The number of aromatic nitrogens is 1. The fraction of sp³-hybridized carbons (Fsp3) is 0.318. The van der Waals surface area contributed by atoms with Gasteiger partial charge < -0.3 is 14.6 Å². The fourth-order valence-corrected chi connectivity index (χ4v) is 3.58. The number of rotatable bonds is 6. The number of aromatic amines is 1. The first-order chi connectivity index (χ1) is 12.8. The van der Waals surface area contributed by atoms with Crippen molar-refractivity contribution in [2.45, 2.75) is 26.2 Å². The van der Waals surface area contributed by atoms with Crippen LogP contribution in [0.3, 0.4) is 0 Å². The number of ether oxygens (including phenoxy) is 1. The molecule has 3 rings (SSSR count). The van der Waals surface area contributed by atoms with Crippen LogP contribution in [-0.4, -0.2) is 36.5 Å². The third-order valence-electron chi connectivity index (χ3n) is 4.60. The van der Waals surface area contributed by atoms with Crippen molar-refractivity contribution in [3.63, 3.8) is 0 Å². The Hall–Kier alpha value is -2.11. The Morgan fingerprint density at radius 3 is 2.70 bits per heavy atom. The van der Waals surface area contributed by atoms with E-state index in [4.69, 9.17) is 4.74 Å². The summed E-state index contributed by atoms with van der Waals surface area (Å²) in [5.74, 6) is 0.587. The topological polar surface area (TPSA) is 45.3 Å². The summed E-state index contributed by atoms with van der Waals surface area (Å²) in [5.41, 5.74) is 3.78. The number of benzene rings is 2. The van der Waals surface area contributed by atoms with Gasteiger partial charge in [0.05, 0.1) is 5.56 Å². The van der Waals surface area contributed by atoms with Gasteiger partial charge in [-0.3, -0.25) is 0 Å². The molecule has 27 heavy (non-hydrogen) atoms. The molecule has 5 heteroatoms. The van der Waals surface area contributed by atoms with Gasteiger partial charge in [0.2, 0.25) is 0 Å². The minimum absolute atomic E-state index is 0.333. The van der Waals surface area contributed by atoms with Gasteiger partial charge in [-0.25, -0.2) is 4.79 Å². The molecule has 1 aromatic heterocycles. The van der Waals surface area contributed by atoms with E-state index in [0.717, 1.165) is 39.5 Å². The molecule has 0 atom stereocenters. The Kier molecular flexibility index (Phi) is 6.02. The minimum atomic E-state index is -0.342. The van der Waals surface area contributed by atoms with E-state index in [1.165, 1.54) is 0 Å². The van der Waals surface area contributed by atoms with E-state index in [0.29, 0.717) is 17.2 Å². The molecule has 0 aliphatic heterocycles. The molecule has 0 saturated carbocycles. The van der Waals surface area contributed by atoms with Crippen molar-refractivity contribution in [1.29, 1.82) is 0 Å². The van der Waals surface area contributed by atoms with E-state index in [1.807, 2.05) is 36.5 Å². The molecular formula is C22H25BrN2O2. The number of carbonyl (C=O) groups is 1. The molecule has 4 nitrogen and oxygen atoms in total. The molecule has 2 aromatic carbocycles. The second-order valence-electron chi connectivity index (χ2n) is 7.36. The lowest BCUT2D eigenvalue weighted by molar-refractivity contribution is 0.0737. The zero-order chi connectivity index (χ0) is 19.6. The van der Waals surface area contributed by atoms with Gasteiger partial charge in [-0.05, 0) is 67.9 Å². The summed E-state index contributed by atoms with van der Waals surface area (Å²) in [7, 11) is 4.10. The zero-order valence-electron chi connectivity index (χ0n) is 16.2. The summed E-state index contributed by atoms with van der Waals surface area (Å²) in [6.45, 7) is 5.14. The highest BCUT2D eigenvalue weighted by molar-refractivity contribution is 9.10. The zero-order valence-corrected chi connectivity index (χ0v) is 17.8. The molecule has 3 aromatic rings. The average Bonchev–Trinajstić information content (AvgIpc) is 3.03. The van der Waals surface area contributed by atoms with Crippen LogP contribution in [0.25, 0.3) is 10.9 Å². The lowest BCUT2D eigenvalue weighted by Gasteiger charge is -2.12. The SMILES string of the molecule is CC(C)c1cc(Br)cc(C(=O)Oc2cccc3[nH]cc(CCN(C)C)c23)c1. The maximum absolute atomic E-state index is 12.8. The second kappa shape index (κ2) is 8.28. The van der Waals surface area contributed by atoms with Gasteiger partial charge in [-0.1, -0.05) is 35.8 Å². The number of likely N-dealkylation sites (N-methyl/N-ethyl adjacent to an activating group) is 1. The summed E-state index contributed by atoms with van der Waals surface area (Å²) in [6, 6.07) is 11.5. The molecule has 0 spiro atoms. The first-order valence-corrected chi connectivity index (χ1v) is 9.91. The lowest BCUT2D eigenvalue weighted by atomic mass is 10.0. The third-order valence-corrected chi connectivity index (χ3v) is 5.06. The van der Waals surface area contributed by atoms with Gasteiger partial charge >= 0.3 is 5.97 Å². The van der Waals surface area contributed by atoms with Gasteiger partial charge in [-0.2, -0.15) is 0 Å². The van der Waals surface area contributed by atoms with E-state index >= 15 is 0 Å². The van der Waals surface area contributed by atoms with E-state index in [-0.39, 0.29) is 5.97 Å². The van der Waals surface area contributed by atoms with E-state index in [9.17, 15) is 4.79 Å². The predicted octanol–water partition coefficient (Wildman–Crippen LogP) is 5.38. The molecule has 1 heterocycles. The van der Waals surface area contributed by atoms with Gasteiger partial charge in [-0.15, -0.1) is 0 Å². The largest absolute Gasteiger partial charge is 0.422 e. The number of nitrogens with zero attached hydrogens (tertiary/aromatic N) is 1. The summed E-state index contributed by atoms with van der Waals surface area (Å²) < 4.78 is 6.70. The average molecular weight is 429 g/mol. The number of hydrogen-bond donors (Lipinski definition) is 1. The first kappa shape index (κ1) is 19.6. The molecule has 0 unspecified atom stereocenters. The lowest BCUT2D eigenvalue weighted by Crippen LogP contribution is -2.15. The monoisotopic (exact) mass is 428 g/mol. The molecule has 0 amide bonds. The molecule has 0 radical (unpaired) electrons. The van der Waals surface area contributed by atoms with Crippen LogP contribution in [0.2, 0.25) is 0 Å².